The summed E-state index contributed by atoms with van der Waals surface area (Å²) < 4.78 is 0. The van der Waals surface area contributed by atoms with Crippen LogP contribution in [0.1, 0.15) is 34.3 Å². The number of aromatic nitrogens is 2. The number of carbonyl (C=O) groups excluding carboxylic acids is 3. The van der Waals surface area contributed by atoms with Crippen LogP contribution in [0.3, 0.4) is 0 Å². The molecule has 0 spiro atoms. The van der Waals surface area contributed by atoms with Gasteiger partial charge < -0.3 is 10.6 Å². The number of nitrogens with zero attached hydrogens (tertiary/aromatic N) is 4. The van der Waals surface area contributed by atoms with Crippen LogP contribution in [0, 0.1) is 11.3 Å². The Morgan fingerprint density at radius 2 is 2.11 bits per heavy atom. The highest BCUT2D eigenvalue weighted by molar-refractivity contribution is 6.05. The summed E-state index contributed by atoms with van der Waals surface area (Å²) in [5.74, 6) is -0.578. The summed E-state index contributed by atoms with van der Waals surface area (Å²) in [4.78, 5) is 45.8. The Balaban J connectivity index is 1.63. The highest BCUT2D eigenvalue weighted by Gasteiger charge is 2.39. The summed E-state index contributed by atoms with van der Waals surface area (Å²) in [6.07, 6.45) is 1.87. The summed E-state index contributed by atoms with van der Waals surface area (Å²) in [7, 11) is 0. The Labute approximate surface area is 153 Å². The predicted molar refractivity (Wildman–Crippen MR) is 92.6 cm³/mol. The molecule has 0 saturated carbocycles. The van der Waals surface area contributed by atoms with Crippen molar-refractivity contribution in [2.45, 2.75) is 25.4 Å². The molecule has 9 heteroatoms. The Kier molecular flexibility index (Phi) is 3.81. The number of fused-ring (bicyclic) bond motifs is 1. The van der Waals surface area contributed by atoms with Crippen LogP contribution in [0.4, 0.5) is 5.82 Å². The first-order chi connectivity index (χ1) is 13.0. The van der Waals surface area contributed by atoms with E-state index in [2.05, 4.69) is 15.3 Å². The molecule has 3 N–H and O–H groups in total. The lowest BCUT2D eigenvalue weighted by Crippen LogP contribution is -2.52. The summed E-state index contributed by atoms with van der Waals surface area (Å²) in [6.45, 7) is 0.264. The average molecular weight is 362 g/mol. The van der Waals surface area contributed by atoms with Gasteiger partial charge in [-0.15, -0.1) is 0 Å². The summed E-state index contributed by atoms with van der Waals surface area (Å²) >= 11 is 0. The summed E-state index contributed by atoms with van der Waals surface area (Å²) in [5.41, 5.74) is 7.84. The summed E-state index contributed by atoms with van der Waals surface area (Å²) in [6, 6.07) is 6.39. The van der Waals surface area contributed by atoms with Gasteiger partial charge in [0.1, 0.15) is 23.5 Å². The maximum Gasteiger partial charge on any atom is 0.255 e. The van der Waals surface area contributed by atoms with Crippen molar-refractivity contribution in [2.75, 3.05) is 5.73 Å². The highest BCUT2D eigenvalue weighted by Crippen LogP contribution is 2.30. The molecular formula is C18H14N6O3. The van der Waals surface area contributed by atoms with E-state index >= 15 is 0 Å². The van der Waals surface area contributed by atoms with Crippen molar-refractivity contribution >= 4 is 23.5 Å². The number of anilines is 1. The fraction of sp³-hybridized carbons (Fsp3) is 0.222. The van der Waals surface area contributed by atoms with E-state index in [0.29, 0.717) is 23.4 Å². The molecule has 9 nitrogen and oxygen atoms in total. The van der Waals surface area contributed by atoms with Gasteiger partial charge in [0.2, 0.25) is 11.8 Å². The largest absolute Gasteiger partial charge is 0.382 e. The van der Waals surface area contributed by atoms with Crippen molar-refractivity contribution in [2.24, 2.45) is 0 Å². The Bertz CT molecular complexity index is 1040. The number of hydrogen-bond donors (Lipinski definition) is 2. The molecule has 1 atom stereocenters. The number of imide groups is 1. The van der Waals surface area contributed by atoms with Gasteiger partial charge in [-0.1, -0.05) is 6.07 Å². The molecule has 1 fully saturated rings. The maximum atomic E-state index is 12.7. The van der Waals surface area contributed by atoms with E-state index < -0.39 is 11.9 Å². The number of nitrogens with one attached hydrogen (secondary N) is 1. The molecule has 27 heavy (non-hydrogen) atoms. The molecule has 1 saturated heterocycles. The van der Waals surface area contributed by atoms with E-state index in [0.717, 1.165) is 5.56 Å². The average Bonchev–Trinajstić information content (AvgIpc) is 2.97. The smallest absolute Gasteiger partial charge is 0.255 e. The first-order valence-electron chi connectivity index (χ1n) is 8.28. The number of carbonyl (C=O) groups is 3. The van der Waals surface area contributed by atoms with Gasteiger partial charge in [0.25, 0.3) is 5.91 Å². The van der Waals surface area contributed by atoms with Crippen molar-refractivity contribution in [3.05, 3.63) is 41.1 Å². The summed E-state index contributed by atoms with van der Waals surface area (Å²) in [5, 5.41) is 11.2. The molecule has 4 rings (SSSR count). The van der Waals surface area contributed by atoms with Gasteiger partial charge in [0, 0.05) is 24.1 Å². The normalized spacial score (nSPS) is 18.9. The fourth-order valence-corrected chi connectivity index (χ4v) is 3.33. The molecule has 2 aliphatic rings. The van der Waals surface area contributed by atoms with Gasteiger partial charge in [-0.25, -0.2) is 9.97 Å². The third-order valence-corrected chi connectivity index (χ3v) is 4.72. The van der Waals surface area contributed by atoms with Crippen LogP contribution in [-0.2, 0) is 16.1 Å². The minimum Gasteiger partial charge on any atom is -0.382 e. The number of piperidine rings is 1. The van der Waals surface area contributed by atoms with Crippen LogP contribution in [0.2, 0.25) is 0 Å². The second-order valence-electron chi connectivity index (χ2n) is 6.38. The fourth-order valence-electron chi connectivity index (χ4n) is 3.33. The van der Waals surface area contributed by atoms with Crippen LogP contribution in [0.5, 0.6) is 0 Å². The molecule has 3 heterocycles. The molecule has 134 valence electrons. The second-order valence-corrected chi connectivity index (χ2v) is 6.38. The molecule has 0 bridgehead atoms. The van der Waals surface area contributed by atoms with Crippen LogP contribution >= 0.6 is 0 Å². The first kappa shape index (κ1) is 16.7. The van der Waals surface area contributed by atoms with E-state index in [-0.39, 0.29) is 36.2 Å². The van der Waals surface area contributed by atoms with Crippen molar-refractivity contribution in [1.82, 2.24) is 20.2 Å². The highest BCUT2D eigenvalue weighted by atomic mass is 16.2. The van der Waals surface area contributed by atoms with E-state index in [9.17, 15) is 14.4 Å². The minimum atomic E-state index is -0.659. The number of amides is 3. The van der Waals surface area contributed by atoms with E-state index in [1.54, 1.807) is 18.2 Å². The number of rotatable bonds is 2. The third-order valence-electron chi connectivity index (χ3n) is 4.72. The number of nitriles is 1. The lowest BCUT2D eigenvalue weighted by atomic mass is 10.0. The monoisotopic (exact) mass is 362 g/mol. The topological polar surface area (TPSA) is 142 Å². The van der Waals surface area contributed by atoms with Crippen LogP contribution in [-0.4, -0.2) is 38.6 Å². The van der Waals surface area contributed by atoms with Gasteiger partial charge in [-0.05, 0) is 24.1 Å². The number of nitrogens with two attached hydrogens (primary N) is 1. The standard InChI is InChI=1S/C18H14N6O3/c19-6-11-7-21-16(23-15(11)20)9-1-2-12-10(5-9)8-24(18(12)27)13-3-4-14(25)22-17(13)26/h1-2,5,7,13H,3-4,8H2,(H2,20,21,23)(H,22,25,26). The maximum absolute atomic E-state index is 12.7. The van der Waals surface area contributed by atoms with Crippen molar-refractivity contribution in [3.8, 4) is 17.5 Å². The zero-order valence-electron chi connectivity index (χ0n) is 14.1. The number of nitrogen functional groups attached to an aromatic ring is 1. The first-order valence-corrected chi connectivity index (χ1v) is 8.28. The van der Waals surface area contributed by atoms with E-state index in [1.165, 1.54) is 11.1 Å². The zero-order valence-corrected chi connectivity index (χ0v) is 14.1. The lowest BCUT2D eigenvalue weighted by Gasteiger charge is -2.29. The van der Waals surface area contributed by atoms with Crippen molar-refractivity contribution < 1.29 is 14.4 Å². The molecule has 1 aromatic carbocycles. The van der Waals surface area contributed by atoms with Gasteiger partial charge in [0.15, 0.2) is 5.82 Å². The van der Waals surface area contributed by atoms with Gasteiger partial charge in [-0.2, -0.15) is 5.26 Å². The Morgan fingerprint density at radius 3 is 2.81 bits per heavy atom. The van der Waals surface area contributed by atoms with Gasteiger partial charge in [0.05, 0.1) is 6.20 Å². The van der Waals surface area contributed by atoms with Crippen molar-refractivity contribution in [1.29, 1.82) is 5.26 Å². The number of hydrogen-bond acceptors (Lipinski definition) is 7. The van der Waals surface area contributed by atoms with E-state index in [1.807, 2.05) is 6.07 Å². The Hall–Kier alpha value is -3.80. The lowest BCUT2D eigenvalue weighted by molar-refractivity contribution is -0.136. The van der Waals surface area contributed by atoms with E-state index in [4.69, 9.17) is 11.0 Å². The molecule has 1 unspecified atom stereocenters. The molecule has 2 aliphatic heterocycles. The Morgan fingerprint density at radius 1 is 1.30 bits per heavy atom. The van der Waals surface area contributed by atoms with Crippen LogP contribution in [0.25, 0.3) is 11.4 Å². The molecule has 0 aliphatic carbocycles. The minimum absolute atomic E-state index is 0.0873. The zero-order chi connectivity index (χ0) is 19.1. The molecule has 0 radical (unpaired) electrons. The van der Waals surface area contributed by atoms with Crippen LogP contribution in [0.15, 0.2) is 24.4 Å². The number of benzene rings is 1. The molecule has 1 aromatic heterocycles. The van der Waals surface area contributed by atoms with Gasteiger partial charge in [-0.3, -0.25) is 19.7 Å². The molecular weight excluding hydrogens is 348 g/mol. The SMILES string of the molecule is N#Cc1cnc(-c2ccc3c(c2)CN(C2CCC(=O)NC2=O)C3=O)nc1N. The molecule has 3 amide bonds. The molecule has 2 aromatic rings. The van der Waals surface area contributed by atoms with Crippen molar-refractivity contribution in [3.63, 3.8) is 0 Å². The third kappa shape index (κ3) is 2.77. The van der Waals surface area contributed by atoms with Crippen LogP contribution < -0.4 is 11.1 Å². The second kappa shape index (κ2) is 6.17. The quantitative estimate of drug-likeness (QED) is 0.734. The predicted octanol–water partition coefficient (Wildman–Crippen LogP) is 0.358. The van der Waals surface area contributed by atoms with Gasteiger partial charge >= 0.3 is 0 Å².